The number of anilines is 1. The Morgan fingerprint density at radius 3 is 2.95 bits per heavy atom. The van der Waals surface area contributed by atoms with E-state index < -0.39 is 5.97 Å². The number of esters is 1. The normalized spacial score (nSPS) is 23.9. The van der Waals surface area contributed by atoms with Gasteiger partial charge in [-0.05, 0) is 50.0 Å². The quantitative estimate of drug-likeness (QED) is 0.859. The molecule has 2 fully saturated rings. The van der Waals surface area contributed by atoms with E-state index in [-0.39, 0.29) is 0 Å². The van der Waals surface area contributed by atoms with Crippen LogP contribution in [0.4, 0.5) is 5.95 Å². The van der Waals surface area contributed by atoms with Crippen LogP contribution >= 0.6 is 0 Å². The first-order chi connectivity index (χ1) is 9.71. The van der Waals surface area contributed by atoms with Crippen molar-refractivity contribution in [1.29, 1.82) is 0 Å². The second-order valence-corrected chi connectivity index (χ2v) is 6.03. The van der Waals surface area contributed by atoms with E-state index in [2.05, 4.69) is 20.0 Å². The van der Waals surface area contributed by atoms with Crippen molar-refractivity contribution in [3.05, 3.63) is 18.0 Å². The molecule has 0 saturated heterocycles. The summed E-state index contributed by atoms with van der Waals surface area (Å²) >= 11 is 0. The summed E-state index contributed by atoms with van der Waals surface area (Å²) < 4.78 is 4.68. The SMILES string of the molecule is COC(=O)c1ccnc(NC2CCCC3(CC2)CC3)n1. The van der Waals surface area contributed by atoms with Gasteiger partial charge in [-0.15, -0.1) is 0 Å². The molecule has 1 aromatic rings. The highest BCUT2D eigenvalue weighted by molar-refractivity contribution is 5.87. The van der Waals surface area contributed by atoms with Crippen molar-refractivity contribution in [1.82, 2.24) is 9.97 Å². The van der Waals surface area contributed by atoms with Gasteiger partial charge in [0, 0.05) is 12.2 Å². The zero-order valence-corrected chi connectivity index (χ0v) is 11.9. The molecule has 5 nitrogen and oxygen atoms in total. The van der Waals surface area contributed by atoms with Crippen molar-refractivity contribution in [3.63, 3.8) is 0 Å². The van der Waals surface area contributed by atoms with Crippen molar-refractivity contribution in [2.75, 3.05) is 12.4 Å². The lowest BCUT2D eigenvalue weighted by Gasteiger charge is -2.16. The van der Waals surface area contributed by atoms with Crippen LogP contribution in [0.15, 0.2) is 12.3 Å². The lowest BCUT2D eigenvalue weighted by molar-refractivity contribution is 0.0594. The molecule has 1 unspecified atom stereocenters. The van der Waals surface area contributed by atoms with Gasteiger partial charge in [-0.1, -0.05) is 6.42 Å². The molecule has 1 heterocycles. The lowest BCUT2D eigenvalue weighted by atomic mass is 9.97. The first kappa shape index (κ1) is 13.3. The Kier molecular flexibility index (Phi) is 3.59. The van der Waals surface area contributed by atoms with Gasteiger partial charge in [0.05, 0.1) is 7.11 Å². The first-order valence-electron chi connectivity index (χ1n) is 7.39. The molecule has 0 aliphatic heterocycles. The Morgan fingerprint density at radius 1 is 1.35 bits per heavy atom. The van der Waals surface area contributed by atoms with Gasteiger partial charge in [-0.2, -0.15) is 0 Å². The highest BCUT2D eigenvalue weighted by atomic mass is 16.5. The fourth-order valence-corrected chi connectivity index (χ4v) is 3.12. The molecule has 20 heavy (non-hydrogen) atoms. The molecule has 0 bridgehead atoms. The minimum atomic E-state index is -0.423. The number of rotatable bonds is 3. The summed E-state index contributed by atoms with van der Waals surface area (Å²) in [6.45, 7) is 0. The van der Waals surface area contributed by atoms with Crippen LogP contribution < -0.4 is 5.32 Å². The summed E-state index contributed by atoms with van der Waals surface area (Å²) in [5.74, 6) is 0.109. The predicted octanol–water partition coefficient (Wildman–Crippen LogP) is 2.79. The van der Waals surface area contributed by atoms with Crippen LogP contribution in [0.2, 0.25) is 0 Å². The summed E-state index contributed by atoms with van der Waals surface area (Å²) in [7, 11) is 1.36. The molecule has 1 N–H and O–H groups in total. The Labute approximate surface area is 119 Å². The number of hydrogen-bond acceptors (Lipinski definition) is 5. The van der Waals surface area contributed by atoms with E-state index in [4.69, 9.17) is 0 Å². The number of methoxy groups -OCH3 is 1. The van der Waals surface area contributed by atoms with E-state index in [0.717, 1.165) is 6.42 Å². The number of ether oxygens (including phenoxy) is 1. The van der Waals surface area contributed by atoms with Gasteiger partial charge in [-0.3, -0.25) is 0 Å². The number of carbonyl (C=O) groups excluding carboxylic acids is 1. The van der Waals surface area contributed by atoms with Gasteiger partial charge in [0.15, 0.2) is 5.69 Å². The van der Waals surface area contributed by atoms with Gasteiger partial charge >= 0.3 is 5.97 Å². The summed E-state index contributed by atoms with van der Waals surface area (Å²) in [5.41, 5.74) is 0.975. The maximum Gasteiger partial charge on any atom is 0.356 e. The van der Waals surface area contributed by atoms with E-state index in [9.17, 15) is 4.79 Å². The third kappa shape index (κ3) is 2.92. The predicted molar refractivity (Wildman–Crippen MR) is 75.5 cm³/mol. The number of carbonyl (C=O) groups is 1. The van der Waals surface area contributed by atoms with E-state index in [1.165, 1.54) is 45.6 Å². The number of aromatic nitrogens is 2. The van der Waals surface area contributed by atoms with Crippen molar-refractivity contribution in [2.24, 2.45) is 5.41 Å². The molecule has 2 saturated carbocycles. The Bertz CT molecular complexity index is 500. The van der Waals surface area contributed by atoms with Gasteiger partial charge in [0.2, 0.25) is 5.95 Å². The zero-order valence-electron chi connectivity index (χ0n) is 11.9. The minimum Gasteiger partial charge on any atom is -0.464 e. The van der Waals surface area contributed by atoms with Crippen LogP contribution in [0.25, 0.3) is 0 Å². The highest BCUT2D eigenvalue weighted by Crippen LogP contribution is 2.55. The molecule has 5 heteroatoms. The van der Waals surface area contributed by atoms with Gasteiger partial charge in [0.1, 0.15) is 0 Å². The number of hydrogen-bond donors (Lipinski definition) is 1. The van der Waals surface area contributed by atoms with Crippen molar-refractivity contribution >= 4 is 11.9 Å². The topological polar surface area (TPSA) is 64.1 Å². The largest absolute Gasteiger partial charge is 0.464 e. The summed E-state index contributed by atoms with van der Waals surface area (Å²) in [6.07, 6.45) is 10.7. The monoisotopic (exact) mass is 275 g/mol. The molecule has 1 atom stereocenters. The molecular formula is C15H21N3O2. The smallest absolute Gasteiger partial charge is 0.356 e. The van der Waals surface area contributed by atoms with Gasteiger partial charge in [-0.25, -0.2) is 14.8 Å². The Balaban J connectivity index is 1.63. The van der Waals surface area contributed by atoms with Crippen molar-refractivity contribution in [2.45, 2.75) is 51.0 Å². The van der Waals surface area contributed by atoms with Crippen LogP contribution in [-0.2, 0) is 4.74 Å². The summed E-state index contributed by atoms with van der Waals surface area (Å²) in [5, 5.41) is 3.38. The molecule has 2 aliphatic carbocycles. The second-order valence-electron chi connectivity index (χ2n) is 6.03. The molecule has 1 aromatic heterocycles. The molecule has 1 spiro atoms. The maximum atomic E-state index is 11.5. The van der Waals surface area contributed by atoms with Crippen molar-refractivity contribution < 1.29 is 9.53 Å². The molecule has 0 amide bonds. The highest BCUT2D eigenvalue weighted by Gasteiger charge is 2.43. The van der Waals surface area contributed by atoms with E-state index in [1.807, 2.05) is 0 Å². The van der Waals surface area contributed by atoms with E-state index in [1.54, 1.807) is 12.3 Å². The lowest BCUT2D eigenvalue weighted by Crippen LogP contribution is -2.21. The number of nitrogens with one attached hydrogen (secondary N) is 1. The molecule has 2 aliphatic rings. The van der Waals surface area contributed by atoms with E-state index >= 15 is 0 Å². The van der Waals surface area contributed by atoms with Gasteiger partial charge in [0.25, 0.3) is 0 Å². The molecule has 0 aromatic carbocycles. The minimum absolute atomic E-state index is 0.303. The fraction of sp³-hybridized carbons (Fsp3) is 0.667. The van der Waals surface area contributed by atoms with Crippen molar-refractivity contribution in [3.8, 4) is 0 Å². The second kappa shape index (κ2) is 5.38. The molecule has 0 radical (unpaired) electrons. The van der Waals surface area contributed by atoms with Crippen LogP contribution in [0.1, 0.15) is 55.4 Å². The number of nitrogens with zero attached hydrogens (tertiary/aromatic N) is 2. The standard InChI is InChI=1S/C15H21N3O2/c1-20-13(19)12-5-10-16-14(18-12)17-11-3-2-6-15(7-4-11)8-9-15/h5,10-11H,2-4,6-9H2,1H3,(H,16,17,18). The summed E-state index contributed by atoms with van der Waals surface area (Å²) in [4.78, 5) is 19.9. The fourth-order valence-electron chi connectivity index (χ4n) is 3.12. The third-order valence-electron chi connectivity index (χ3n) is 4.62. The average Bonchev–Trinajstić information content (AvgIpc) is 3.27. The molecular weight excluding hydrogens is 254 g/mol. The third-order valence-corrected chi connectivity index (χ3v) is 4.62. The van der Waals surface area contributed by atoms with Crippen LogP contribution in [0.3, 0.4) is 0 Å². The maximum absolute atomic E-state index is 11.5. The van der Waals surface area contributed by atoms with Crippen LogP contribution in [0.5, 0.6) is 0 Å². The average molecular weight is 275 g/mol. The van der Waals surface area contributed by atoms with E-state index in [0.29, 0.717) is 23.1 Å². The first-order valence-corrected chi connectivity index (χ1v) is 7.39. The Morgan fingerprint density at radius 2 is 2.20 bits per heavy atom. The molecule has 108 valence electrons. The molecule has 3 rings (SSSR count). The van der Waals surface area contributed by atoms with Gasteiger partial charge < -0.3 is 10.1 Å². The van der Waals surface area contributed by atoms with Crippen LogP contribution in [-0.4, -0.2) is 29.1 Å². The van der Waals surface area contributed by atoms with Crippen LogP contribution in [0, 0.1) is 5.41 Å². The Hall–Kier alpha value is -1.65. The zero-order chi connectivity index (χ0) is 14.0. The summed E-state index contributed by atoms with van der Waals surface area (Å²) in [6, 6.07) is 1.99.